The van der Waals surface area contributed by atoms with Crippen LogP contribution in [0.4, 0.5) is 0 Å². The number of hydrogen-bond acceptors (Lipinski definition) is 3. The molecule has 0 aromatic rings. The predicted octanol–water partition coefficient (Wildman–Crippen LogP) is 6.61. The maximum Gasteiger partial charge on any atom is 0.312 e. The number of hydrogen-bond donors (Lipinski definition) is 3. The van der Waals surface area contributed by atoms with Crippen molar-refractivity contribution in [3.8, 4) is 0 Å². The van der Waals surface area contributed by atoms with E-state index in [2.05, 4.69) is 19.1 Å². The molecule has 0 spiro atoms. The largest absolute Gasteiger partial charge is 0.481 e. The number of quaternary nitrogens is 1. The SMILES string of the molecule is C/C=C/CCCCCCCCCCC[N+](CC(CC)C(=O)O)(CC(CC)C(=O)O)CC(CC)C(=O)O. The normalized spacial score (nSPS) is 15.9. The van der Waals surface area contributed by atoms with Gasteiger partial charge in [0.1, 0.15) is 17.8 Å². The fourth-order valence-electron chi connectivity index (χ4n) is 5.16. The van der Waals surface area contributed by atoms with Gasteiger partial charge in [-0.15, -0.1) is 0 Å². The molecule has 36 heavy (non-hydrogen) atoms. The lowest BCUT2D eigenvalue weighted by Crippen LogP contribution is -2.58. The van der Waals surface area contributed by atoms with Crippen LogP contribution in [0.2, 0.25) is 0 Å². The highest BCUT2D eigenvalue weighted by molar-refractivity contribution is 5.71. The van der Waals surface area contributed by atoms with Crippen molar-refractivity contribution in [2.75, 3.05) is 26.2 Å². The van der Waals surface area contributed by atoms with E-state index in [1.807, 2.05) is 20.8 Å². The van der Waals surface area contributed by atoms with Crippen LogP contribution >= 0.6 is 0 Å². The first-order chi connectivity index (χ1) is 17.2. The molecule has 0 radical (unpaired) electrons. The summed E-state index contributed by atoms with van der Waals surface area (Å²) in [6.45, 7) is 9.03. The standard InChI is InChI=1S/C29H53NO6/c1-5-9-10-11-12-13-14-15-16-17-18-19-20-30(21-24(6-2)27(31)32,22-25(7-3)28(33)34)23-26(8-4)29(35)36/h5,9,24-26H,6-8,10-23H2,1-4H3,(H2-,31,32,33,34,35,36)/p+1/b9-5+. The van der Waals surface area contributed by atoms with Gasteiger partial charge in [0.05, 0.1) is 26.2 Å². The van der Waals surface area contributed by atoms with Gasteiger partial charge >= 0.3 is 17.9 Å². The topological polar surface area (TPSA) is 112 Å². The number of allylic oxidation sites excluding steroid dienone is 2. The highest BCUT2D eigenvalue weighted by atomic mass is 16.4. The molecule has 0 rings (SSSR count). The van der Waals surface area contributed by atoms with Crippen LogP contribution in [-0.4, -0.2) is 63.9 Å². The average molecular weight is 513 g/mol. The van der Waals surface area contributed by atoms with Crippen molar-refractivity contribution < 1.29 is 34.2 Å². The van der Waals surface area contributed by atoms with Gasteiger partial charge in [-0.25, -0.2) is 0 Å². The summed E-state index contributed by atoms with van der Waals surface area (Å²) in [4.78, 5) is 35.7. The van der Waals surface area contributed by atoms with Crippen LogP contribution in [0, 0.1) is 17.8 Å². The van der Waals surface area contributed by atoms with Crippen LogP contribution in [-0.2, 0) is 14.4 Å². The van der Waals surface area contributed by atoms with E-state index < -0.39 is 35.7 Å². The molecule has 3 unspecified atom stereocenters. The van der Waals surface area contributed by atoms with Gasteiger partial charge in [-0.3, -0.25) is 14.4 Å². The molecule has 7 nitrogen and oxygen atoms in total. The van der Waals surface area contributed by atoms with Crippen molar-refractivity contribution in [1.82, 2.24) is 0 Å². The van der Waals surface area contributed by atoms with E-state index in [0.717, 1.165) is 19.3 Å². The van der Waals surface area contributed by atoms with Crippen molar-refractivity contribution in [3.05, 3.63) is 12.2 Å². The third-order valence-corrected chi connectivity index (χ3v) is 7.59. The monoisotopic (exact) mass is 512 g/mol. The van der Waals surface area contributed by atoms with E-state index in [0.29, 0.717) is 25.8 Å². The molecule has 0 bridgehead atoms. The van der Waals surface area contributed by atoms with Gasteiger partial charge in [0.15, 0.2) is 0 Å². The Morgan fingerprint density at radius 1 is 0.611 bits per heavy atom. The molecule has 0 saturated carbocycles. The Hall–Kier alpha value is -1.89. The number of rotatable bonds is 24. The Morgan fingerprint density at radius 3 is 1.25 bits per heavy atom. The minimum atomic E-state index is -0.891. The molecule has 0 aliphatic carbocycles. The Morgan fingerprint density at radius 2 is 0.944 bits per heavy atom. The maximum atomic E-state index is 11.9. The van der Waals surface area contributed by atoms with E-state index in [1.165, 1.54) is 44.9 Å². The summed E-state index contributed by atoms with van der Waals surface area (Å²) in [5.74, 6) is -4.52. The van der Waals surface area contributed by atoms with Gasteiger partial charge in [0.25, 0.3) is 0 Å². The summed E-state index contributed by atoms with van der Waals surface area (Å²) >= 11 is 0. The van der Waals surface area contributed by atoms with Crippen molar-refractivity contribution in [1.29, 1.82) is 0 Å². The first-order valence-electron chi connectivity index (χ1n) is 14.3. The van der Waals surface area contributed by atoms with Gasteiger partial charge in [0, 0.05) is 0 Å². The lowest BCUT2D eigenvalue weighted by atomic mass is 9.95. The Kier molecular flexibility index (Phi) is 19.1. The molecule has 0 aliphatic heterocycles. The number of aliphatic carboxylic acids is 3. The molecular weight excluding hydrogens is 458 g/mol. The molecule has 0 aromatic heterocycles. The van der Waals surface area contributed by atoms with E-state index in [-0.39, 0.29) is 24.1 Å². The lowest BCUT2D eigenvalue weighted by Gasteiger charge is -2.43. The van der Waals surface area contributed by atoms with Crippen LogP contribution in [0.25, 0.3) is 0 Å². The average Bonchev–Trinajstić information content (AvgIpc) is 2.84. The zero-order valence-electron chi connectivity index (χ0n) is 23.4. The van der Waals surface area contributed by atoms with Crippen LogP contribution in [0.3, 0.4) is 0 Å². The number of carbonyl (C=O) groups is 3. The molecule has 0 fully saturated rings. The van der Waals surface area contributed by atoms with Crippen LogP contribution in [0.1, 0.15) is 111 Å². The van der Waals surface area contributed by atoms with Crippen molar-refractivity contribution in [2.24, 2.45) is 17.8 Å². The van der Waals surface area contributed by atoms with Gasteiger partial charge in [0.2, 0.25) is 0 Å². The summed E-state index contributed by atoms with van der Waals surface area (Å²) in [5.41, 5.74) is 0. The van der Waals surface area contributed by atoms with Crippen molar-refractivity contribution >= 4 is 17.9 Å². The lowest BCUT2D eigenvalue weighted by molar-refractivity contribution is -0.935. The maximum absolute atomic E-state index is 11.9. The van der Waals surface area contributed by atoms with Crippen LogP contribution in [0.15, 0.2) is 12.2 Å². The second-order valence-corrected chi connectivity index (χ2v) is 10.5. The number of carboxylic acids is 3. The van der Waals surface area contributed by atoms with Crippen LogP contribution in [0.5, 0.6) is 0 Å². The quantitative estimate of drug-likeness (QED) is 0.0762. The summed E-state index contributed by atoms with van der Waals surface area (Å²) in [5, 5.41) is 29.3. The molecule has 3 atom stereocenters. The van der Waals surface area contributed by atoms with Gasteiger partial charge in [-0.2, -0.15) is 0 Å². The Labute approximate surface area is 219 Å². The molecule has 7 heteroatoms. The third kappa shape index (κ3) is 14.6. The highest BCUT2D eigenvalue weighted by Crippen LogP contribution is 2.25. The van der Waals surface area contributed by atoms with Gasteiger partial charge < -0.3 is 19.8 Å². The summed E-state index contributed by atoms with van der Waals surface area (Å²) < 4.78 is 0.257. The van der Waals surface area contributed by atoms with Crippen molar-refractivity contribution in [2.45, 2.75) is 111 Å². The fourth-order valence-corrected chi connectivity index (χ4v) is 5.16. The van der Waals surface area contributed by atoms with E-state index in [9.17, 15) is 29.7 Å². The molecule has 3 N–H and O–H groups in total. The molecule has 0 amide bonds. The minimum absolute atomic E-state index is 0.257. The molecule has 210 valence electrons. The summed E-state index contributed by atoms with van der Waals surface area (Å²) in [6, 6.07) is 0. The van der Waals surface area contributed by atoms with E-state index in [1.54, 1.807) is 0 Å². The summed E-state index contributed by atoms with van der Waals surface area (Å²) in [7, 11) is 0. The fraction of sp³-hybridized carbons (Fsp3) is 0.828. The van der Waals surface area contributed by atoms with Crippen LogP contribution < -0.4 is 0 Å². The molecule has 0 saturated heterocycles. The molecule has 0 heterocycles. The zero-order chi connectivity index (χ0) is 27.4. The van der Waals surface area contributed by atoms with Gasteiger partial charge in [-0.05, 0) is 51.9 Å². The number of carboxylic acid groups (broad SMARTS) is 3. The molecule has 0 aromatic carbocycles. The van der Waals surface area contributed by atoms with Gasteiger partial charge in [-0.1, -0.05) is 71.4 Å². The molecule has 0 aliphatic rings. The number of unbranched alkanes of at least 4 members (excludes halogenated alkanes) is 9. The Balaban J connectivity index is 5.21. The van der Waals surface area contributed by atoms with E-state index in [4.69, 9.17) is 0 Å². The third-order valence-electron chi connectivity index (χ3n) is 7.59. The first-order valence-corrected chi connectivity index (χ1v) is 14.3. The first kappa shape index (κ1) is 34.1. The minimum Gasteiger partial charge on any atom is -0.481 e. The summed E-state index contributed by atoms with van der Waals surface area (Å²) in [6.07, 6.45) is 17.2. The molecular formula is C29H54NO6+. The zero-order valence-corrected chi connectivity index (χ0v) is 23.4. The smallest absolute Gasteiger partial charge is 0.312 e. The predicted molar refractivity (Wildman–Crippen MR) is 145 cm³/mol. The Bertz CT molecular complexity index is 588. The highest BCUT2D eigenvalue weighted by Gasteiger charge is 2.40. The second kappa shape index (κ2) is 20.2. The van der Waals surface area contributed by atoms with E-state index >= 15 is 0 Å². The van der Waals surface area contributed by atoms with Crippen molar-refractivity contribution in [3.63, 3.8) is 0 Å². The number of nitrogens with zero attached hydrogens (tertiary/aromatic N) is 1. The second-order valence-electron chi connectivity index (χ2n) is 10.5.